The number of amides is 1. The summed E-state index contributed by atoms with van der Waals surface area (Å²) in [5, 5.41) is 3.62. The largest absolute Gasteiger partial charge is 0.444 e. The van der Waals surface area contributed by atoms with E-state index in [9.17, 15) is 4.79 Å². The molecule has 0 rings (SSSR count). The molecule has 0 unspecified atom stereocenters. The van der Waals surface area contributed by atoms with Gasteiger partial charge in [-0.25, -0.2) is 4.79 Å². The Morgan fingerprint density at radius 3 is 2.60 bits per heavy atom. The Balaban J connectivity index is 3.72. The van der Waals surface area contributed by atoms with E-state index >= 15 is 0 Å². The fraction of sp³-hybridized carbons (Fsp3) is 0.909. The van der Waals surface area contributed by atoms with Crippen molar-refractivity contribution in [2.24, 2.45) is 0 Å². The highest BCUT2D eigenvalue weighted by atomic mass is 79.9. The second-order valence-corrected chi connectivity index (χ2v) is 5.02. The van der Waals surface area contributed by atoms with Crippen molar-refractivity contribution in [1.29, 1.82) is 0 Å². The van der Waals surface area contributed by atoms with Crippen LogP contribution in [0.1, 0.15) is 46.5 Å². The van der Waals surface area contributed by atoms with Crippen LogP contribution in [0.15, 0.2) is 0 Å². The number of halogens is 1. The zero-order valence-electron chi connectivity index (χ0n) is 9.94. The van der Waals surface area contributed by atoms with E-state index in [1.54, 1.807) is 0 Å². The van der Waals surface area contributed by atoms with Gasteiger partial charge in [-0.3, -0.25) is 0 Å². The van der Waals surface area contributed by atoms with Crippen LogP contribution in [0.5, 0.6) is 0 Å². The summed E-state index contributed by atoms with van der Waals surface area (Å²) in [5.74, 6) is 0. The number of rotatable bonds is 7. The summed E-state index contributed by atoms with van der Waals surface area (Å²) in [7, 11) is 0. The zero-order chi connectivity index (χ0) is 11.7. The Hall–Kier alpha value is -0.250. The van der Waals surface area contributed by atoms with Gasteiger partial charge in [-0.1, -0.05) is 29.3 Å². The van der Waals surface area contributed by atoms with Crippen LogP contribution in [0.2, 0.25) is 0 Å². The number of carbonyl (C=O) groups excluding carboxylic acids is 1. The summed E-state index contributed by atoms with van der Waals surface area (Å²) in [6.45, 7) is 6.69. The zero-order valence-corrected chi connectivity index (χ0v) is 11.5. The Labute approximate surface area is 101 Å². The molecular weight excluding hydrogens is 258 g/mol. The van der Waals surface area contributed by atoms with Gasteiger partial charge in [-0.05, 0) is 33.1 Å². The fourth-order valence-corrected chi connectivity index (χ4v) is 1.48. The predicted molar refractivity (Wildman–Crippen MR) is 66.5 cm³/mol. The molecule has 3 nitrogen and oxygen atoms in total. The highest BCUT2D eigenvalue weighted by molar-refractivity contribution is 9.09. The maximum atomic E-state index is 11.3. The van der Waals surface area contributed by atoms with Crippen LogP contribution in [0.25, 0.3) is 0 Å². The standard InChI is InChI=1S/C11H22BrNO2/c1-4-5-7-11(2,3)15-10(14)13-9-6-8-12/h4-9H2,1-3H3,(H,13,14). The van der Waals surface area contributed by atoms with Crippen molar-refractivity contribution in [2.75, 3.05) is 11.9 Å². The molecule has 0 heterocycles. The number of ether oxygens (including phenoxy) is 1. The van der Waals surface area contributed by atoms with Gasteiger partial charge in [0.25, 0.3) is 0 Å². The Morgan fingerprint density at radius 1 is 1.40 bits per heavy atom. The van der Waals surface area contributed by atoms with Crippen LogP contribution in [0.4, 0.5) is 4.79 Å². The van der Waals surface area contributed by atoms with Gasteiger partial charge in [0.15, 0.2) is 0 Å². The second-order valence-electron chi connectivity index (χ2n) is 4.22. The number of alkyl halides is 1. The maximum Gasteiger partial charge on any atom is 0.407 e. The third kappa shape index (κ3) is 8.73. The van der Waals surface area contributed by atoms with Crippen molar-refractivity contribution in [3.63, 3.8) is 0 Å². The normalized spacial score (nSPS) is 11.2. The van der Waals surface area contributed by atoms with Gasteiger partial charge < -0.3 is 10.1 Å². The first-order chi connectivity index (χ1) is 7.02. The molecule has 0 aliphatic rings. The lowest BCUT2D eigenvalue weighted by atomic mass is 10.0. The number of carbonyl (C=O) groups is 1. The van der Waals surface area contributed by atoms with E-state index in [2.05, 4.69) is 28.2 Å². The van der Waals surface area contributed by atoms with E-state index in [0.717, 1.165) is 31.0 Å². The van der Waals surface area contributed by atoms with Crippen LogP contribution in [-0.2, 0) is 4.74 Å². The monoisotopic (exact) mass is 279 g/mol. The minimum atomic E-state index is -0.353. The number of hydrogen-bond acceptors (Lipinski definition) is 2. The van der Waals surface area contributed by atoms with Gasteiger partial charge in [-0.15, -0.1) is 0 Å². The summed E-state index contributed by atoms with van der Waals surface area (Å²) in [4.78, 5) is 11.3. The van der Waals surface area contributed by atoms with Gasteiger partial charge >= 0.3 is 6.09 Å². The van der Waals surface area contributed by atoms with Crippen molar-refractivity contribution >= 4 is 22.0 Å². The lowest BCUT2D eigenvalue weighted by Crippen LogP contribution is -2.35. The molecule has 0 aromatic heterocycles. The molecule has 1 amide bonds. The molecular formula is C11H22BrNO2. The maximum absolute atomic E-state index is 11.3. The Bertz CT molecular complexity index is 183. The van der Waals surface area contributed by atoms with Crippen molar-refractivity contribution in [1.82, 2.24) is 5.32 Å². The van der Waals surface area contributed by atoms with Crippen molar-refractivity contribution < 1.29 is 9.53 Å². The number of alkyl carbamates (subject to hydrolysis) is 1. The molecule has 15 heavy (non-hydrogen) atoms. The summed E-state index contributed by atoms with van der Waals surface area (Å²) >= 11 is 3.30. The van der Waals surface area contributed by atoms with Crippen LogP contribution >= 0.6 is 15.9 Å². The molecule has 0 radical (unpaired) electrons. The molecule has 0 saturated heterocycles. The van der Waals surface area contributed by atoms with Crippen LogP contribution in [0.3, 0.4) is 0 Å². The van der Waals surface area contributed by atoms with E-state index in [4.69, 9.17) is 4.74 Å². The lowest BCUT2D eigenvalue weighted by molar-refractivity contribution is 0.0313. The molecule has 0 bridgehead atoms. The average Bonchev–Trinajstić information content (AvgIpc) is 2.14. The molecule has 0 saturated carbocycles. The summed E-state index contributed by atoms with van der Waals surface area (Å²) in [6, 6.07) is 0. The van der Waals surface area contributed by atoms with Crippen molar-refractivity contribution in [3.05, 3.63) is 0 Å². The number of unbranched alkanes of at least 4 members (excludes halogenated alkanes) is 1. The van der Waals surface area contributed by atoms with Gasteiger partial charge in [0, 0.05) is 11.9 Å². The molecule has 0 aromatic rings. The van der Waals surface area contributed by atoms with Crippen molar-refractivity contribution in [3.8, 4) is 0 Å². The minimum Gasteiger partial charge on any atom is -0.444 e. The van der Waals surface area contributed by atoms with E-state index < -0.39 is 0 Å². The second kappa shape index (κ2) is 7.97. The number of nitrogens with one attached hydrogen (secondary N) is 1. The Kier molecular flexibility index (Phi) is 7.83. The quantitative estimate of drug-likeness (QED) is 0.573. The summed E-state index contributed by atoms with van der Waals surface area (Å²) in [6.07, 6.45) is 3.73. The molecule has 0 atom stereocenters. The molecule has 0 aliphatic carbocycles. The summed E-state index contributed by atoms with van der Waals surface area (Å²) in [5.41, 5.74) is -0.353. The van der Waals surface area contributed by atoms with Gasteiger partial charge in [0.1, 0.15) is 5.60 Å². The highest BCUT2D eigenvalue weighted by Crippen LogP contribution is 2.17. The third-order valence-corrected chi connectivity index (χ3v) is 2.64. The van der Waals surface area contributed by atoms with Crippen LogP contribution in [-0.4, -0.2) is 23.6 Å². The molecule has 1 N–H and O–H groups in total. The Morgan fingerprint density at radius 2 is 2.07 bits per heavy atom. The SMILES string of the molecule is CCCCC(C)(C)OC(=O)NCCCBr. The molecule has 0 fully saturated rings. The first-order valence-corrected chi connectivity index (χ1v) is 6.67. The smallest absolute Gasteiger partial charge is 0.407 e. The molecule has 0 aliphatic heterocycles. The molecule has 4 heteroatoms. The third-order valence-electron chi connectivity index (χ3n) is 2.08. The molecule has 0 aromatic carbocycles. The van der Waals surface area contributed by atoms with E-state index in [-0.39, 0.29) is 11.7 Å². The van der Waals surface area contributed by atoms with Crippen molar-refractivity contribution in [2.45, 2.75) is 52.1 Å². The summed E-state index contributed by atoms with van der Waals surface area (Å²) < 4.78 is 5.32. The van der Waals surface area contributed by atoms with E-state index in [1.165, 1.54) is 0 Å². The fourth-order valence-electron chi connectivity index (χ4n) is 1.20. The molecule has 90 valence electrons. The van der Waals surface area contributed by atoms with Gasteiger partial charge in [0.2, 0.25) is 0 Å². The van der Waals surface area contributed by atoms with E-state index in [0.29, 0.717) is 6.54 Å². The predicted octanol–water partition coefficient (Wildman–Crippen LogP) is 3.47. The minimum absolute atomic E-state index is 0.308. The van der Waals surface area contributed by atoms with E-state index in [1.807, 2.05) is 13.8 Å². The highest BCUT2D eigenvalue weighted by Gasteiger charge is 2.21. The van der Waals surface area contributed by atoms with Gasteiger partial charge in [0.05, 0.1) is 0 Å². The number of hydrogen-bond donors (Lipinski definition) is 1. The first kappa shape index (κ1) is 14.8. The van der Waals surface area contributed by atoms with Crippen LogP contribution < -0.4 is 5.32 Å². The first-order valence-electron chi connectivity index (χ1n) is 5.54. The lowest BCUT2D eigenvalue weighted by Gasteiger charge is -2.24. The van der Waals surface area contributed by atoms with Crippen LogP contribution in [0, 0.1) is 0 Å². The van der Waals surface area contributed by atoms with Gasteiger partial charge in [-0.2, -0.15) is 0 Å². The average molecular weight is 280 g/mol. The molecule has 0 spiro atoms. The topological polar surface area (TPSA) is 38.3 Å².